The SMILES string of the molecule is COc1cc(COC2CCCCC2C)ccc1C(=O)O. The molecule has 1 aromatic rings. The second-order valence-electron chi connectivity index (χ2n) is 5.45. The summed E-state index contributed by atoms with van der Waals surface area (Å²) in [6, 6.07) is 5.11. The van der Waals surface area contributed by atoms with Gasteiger partial charge in [0.15, 0.2) is 0 Å². The molecule has 0 saturated heterocycles. The van der Waals surface area contributed by atoms with Crippen LogP contribution in [-0.2, 0) is 11.3 Å². The molecule has 1 N–H and O–H groups in total. The van der Waals surface area contributed by atoms with Gasteiger partial charge in [0.2, 0.25) is 0 Å². The first kappa shape index (κ1) is 14.9. The van der Waals surface area contributed by atoms with Crippen LogP contribution in [-0.4, -0.2) is 24.3 Å². The summed E-state index contributed by atoms with van der Waals surface area (Å²) < 4.78 is 11.1. The van der Waals surface area contributed by atoms with E-state index in [1.807, 2.05) is 0 Å². The third kappa shape index (κ3) is 3.51. The Balaban J connectivity index is 2.01. The molecule has 1 aliphatic rings. The molecular formula is C16H22O4. The van der Waals surface area contributed by atoms with Gasteiger partial charge in [-0.05, 0) is 36.5 Å². The lowest BCUT2D eigenvalue weighted by Crippen LogP contribution is -2.25. The minimum Gasteiger partial charge on any atom is -0.496 e. The van der Waals surface area contributed by atoms with Gasteiger partial charge in [-0.25, -0.2) is 4.79 Å². The number of aromatic carboxylic acids is 1. The second kappa shape index (κ2) is 6.75. The van der Waals surface area contributed by atoms with E-state index in [0.29, 0.717) is 24.4 Å². The normalized spacial score (nSPS) is 22.5. The lowest BCUT2D eigenvalue weighted by Gasteiger charge is -2.28. The van der Waals surface area contributed by atoms with E-state index in [1.165, 1.54) is 26.4 Å². The predicted molar refractivity (Wildman–Crippen MR) is 76.2 cm³/mol. The topological polar surface area (TPSA) is 55.8 Å². The van der Waals surface area contributed by atoms with Crippen molar-refractivity contribution in [3.63, 3.8) is 0 Å². The fourth-order valence-corrected chi connectivity index (χ4v) is 2.74. The van der Waals surface area contributed by atoms with Crippen molar-refractivity contribution in [1.29, 1.82) is 0 Å². The van der Waals surface area contributed by atoms with Gasteiger partial charge in [-0.1, -0.05) is 25.8 Å². The molecule has 20 heavy (non-hydrogen) atoms. The van der Waals surface area contributed by atoms with Crippen LogP contribution in [0.1, 0.15) is 48.5 Å². The quantitative estimate of drug-likeness (QED) is 0.895. The predicted octanol–water partition coefficient (Wildman–Crippen LogP) is 3.49. The minimum atomic E-state index is -0.977. The lowest BCUT2D eigenvalue weighted by atomic mass is 9.88. The van der Waals surface area contributed by atoms with Gasteiger partial charge in [0.1, 0.15) is 11.3 Å². The van der Waals surface area contributed by atoms with E-state index in [2.05, 4.69) is 6.92 Å². The molecule has 0 aromatic heterocycles. The Labute approximate surface area is 119 Å². The molecule has 0 spiro atoms. The Morgan fingerprint density at radius 3 is 2.75 bits per heavy atom. The summed E-state index contributed by atoms with van der Waals surface area (Å²) >= 11 is 0. The highest BCUT2D eigenvalue weighted by atomic mass is 16.5. The molecule has 0 heterocycles. The third-order valence-corrected chi connectivity index (χ3v) is 3.99. The van der Waals surface area contributed by atoms with Crippen molar-refractivity contribution in [2.24, 2.45) is 5.92 Å². The number of carboxylic acids is 1. The van der Waals surface area contributed by atoms with Crippen LogP contribution in [0.2, 0.25) is 0 Å². The summed E-state index contributed by atoms with van der Waals surface area (Å²) in [4.78, 5) is 11.0. The largest absolute Gasteiger partial charge is 0.496 e. The molecule has 1 fully saturated rings. The van der Waals surface area contributed by atoms with Crippen molar-refractivity contribution in [1.82, 2.24) is 0 Å². The number of carbonyl (C=O) groups is 1. The molecule has 0 aliphatic heterocycles. The Kier molecular flexibility index (Phi) is 5.01. The van der Waals surface area contributed by atoms with Gasteiger partial charge in [-0.2, -0.15) is 0 Å². The molecule has 1 saturated carbocycles. The highest BCUT2D eigenvalue weighted by Crippen LogP contribution is 2.28. The molecule has 0 radical (unpaired) electrons. The van der Waals surface area contributed by atoms with E-state index < -0.39 is 5.97 Å². The smallest absolute Gasteiger partial charge is 0.339 e. The van der Waals surface area contributed by atoms with E-state index in [1.54, 1.807) is 18.2 Å². The van der Waals surface area contributed by atoms with Gasteiger partial charge in [0.25, 0.3) is 0 Å². The number of hydrogen-bond acceptors (Lipinski definition) is 3. The molecule has 2 unspecified atom stereocenters. The van der Waals surface area contributed by atoms with Crippen LogP contribution in [0.3, 0.4) is 0 Å². The average Bonchev–Trinajstić information content (AvgIpc) is 2.46. The van der Waals surface area contributed by atoms with Crippen molar-refractivity contribution < 1.29 is 19.4 Å². The summed E-state index contributed by atoms with van der Waals surface area (Å²) in [6.45, 7) is 2.74. The van der Waals surface area contributed by atoms with E-state index in [9.17, 15) is 4.79 Å². The summed E-state index contributed by atoms with van der Waals surface area (Å²) in [7, 11) is 1.48. The molecule has 1 aromatic carbocycles. The maximum atomic E-state index is 11.0. The van der Waals surface area contributed by atoms with E-state index >= 15 is 0 Å². The monoisotopic (exact) mass is 278 g/mol. The van der Waals surface area contributed by atoms with Crippen LogP contribution in [0.25, 0.3) is 0 Å². The average molecular weight is 278 g/mol. The zero-order chi connectivity index (χ0) is 14.5. The molecular weight excluding hydrogens is 256 g/mol. The van der Waals surface area contributed by atoms with Crippen molar-refractivity contribution in [3.05, 3.63) is 29.3 Å². The molecule has 2 atom stereocenters. The molecule has 0 bridgehead atoms. The maximum absolute atomic E-state index is 11.0. The Morgan fingerprint density at radius 1 is 1.35 bits per heavy atom. The number of ether oxygens (including phenoxy) is 2. The molecule has 2 rings (SSSR count). The van der Waals surface area contributed by atoms with E-state index in [-0.39, 0.29) is 5.56 Å². The van der Waals surface area contributed by atoms with Crippen LogP contribution in [0, 0.1) is 5.92 Å². The van der Waals surface area contributed by atoms with Crippen molar-refractivity contribution in [2.75, 3.05) is 7.11 Å². The van der Waals surface area contributed by atoms with Crippen LogP contribution in [0.15, 0.2) is 18.2 Å². The van der Waals surface area contributed by atoms with E-state index in [4.69, 9.17) is 14.6 Å². The molecule has 4 heteroatoms. The zero-order valence-electron chi connectivity index (χ0n) is 12.1. The number of rotatable bonds is 5. The number of carboxylic acid groups (broad SMARTS) is 1. The first-order valence-electron chi connectivity index (χ1n) is 7.13. The highest BCUT2D eigenvalue weighted by Gasteiger charge is 2.22. The van der Waals surface area contributed by atoms with Gasteiger partial charge in [-0.3, -0.25) is 0 Å². The summed E-state index contributed by atoms with van der Waals surface area (Å²) in [5, 5.41) is 9.04. The Bertz CT molecular complexity index is 470. The molecule has 110 valence electrons. The highest BCUT2D eigenvalue weighted by molar-refractivity contribution is 5.90. The number of hydrogen-bond donors (Lipinski definition) is 1. The Hall–Kier alpha value is -1.55. The standard InChI is InChI=1S/C16H22O4/c1-11-5-3-4-6-14(11)20-10-12-7-8-13(16(17)18)15(9-12)19-2/h7-9,11,14H,3-6,10H2,1-2H3,(H,17,18). The second-order valence-corrected chi connectivity index (χ2v) is 5.45. The summed E-state index contributed by atoms with van der Waals surface area (Å²) in [5.74, 6) is 0.00875. The van der Waals surface area contributed by atoms with Crippen LogP contribution in [0.5, 0.6) is 5.75 Å². The lowest BCUT2D eigenvalue weighted by molar-refractivity contribution is -0.0155. The van der Waals surface area contributed by atoms with Crippen molar-refractivity contribution >= 4 is 5.97 Å². The fourth-order valence-electron chi connectivity index (χ4n) is 2.74. The number of benzene rings is 1. The van der Waals surface area contributed by atoms with Crippen molar-refractivity contribution in [3.8, 4) is 5.75 Å². The molecule has 1 aliphatic carbocycles. The maximum Gasteiger partial charge on any atom is 0.339 e. The van der Waals surface area contributed by atoms with Gasteiger partial charge >= 0.3 is 5.97 Å². The van der Waals surface area contributed by atoms with Gasteiger partial charge in [-0.15, -0.1) is 0 Å². The Morgan fingerprint density at radius 2 is 2.10 bits per heavy atom. The van der Waals surface area contributed by atoms with Crippen molar-refractivity contribution in [2.45, 2.75) is 45.3 Å². The zero-order valence-corrected chi connectivity index (χ0v) is 12.1. The molecule has 0 amide bonds. The first-order valence-corrected chi connectivity index (χ1v) is 7.13. The van der Waals surface area contributed by atoms with Gasteiger partial charge in [0, 0.05) is 0 Å². The molecule has 4 nitrogen and oxygen atoms in total. The van der Waals surface area contributed by atoms with E-state index in [0.717, 1.165) is 12.0 Å². The van der Waals surface area contributed by atoms with Crippen LogP contribution < -0.4 is 4.74 Å². The number of methoxy groups -OCH3 is 1. The van der Waals surface area contributed by atoms with Gasteiger partial charge < -0.3 is 14.6 Å². The summed E-state index contributed by atoms with van der Waals surface area (Å²) in [5.41, 5.74) is 1.13. The van der Waals surface area contributed by atoms with Crippen LogP contribution >= 0.6 is 0 Å². The van der Waals surface area contributed by atoms with Crippen LogP contribution in [0.4, 0.5) is 0 Å². The summed E-state index contributed by atoms with van der Waals surface area (Å²) in [6.07, 6.45) is 5.18. The minimum absolute atomic E-state index is 0.183. The fraction of sp³-hybridized carbons (Fsp3) is 0.562. The third-order valence-electron chi connectivity index (χ3n) is 3.99. The first-order chi connectivity index (χ1) is 9.61. The van der Waals surface area contributed by atoms with Gasteiger partial charge in [0.05, 0.1) is 19.8 Å².